The molecule has 104 valence electrons. The van der Waals surface area contributed by atoms with Crippen LogP contribution in [0.25, 0.3) is 0 Å². The highest BCUT2D eigenvalue weighted by molar-refractivity contribution is 6.32. The summed E-state index contributed by atoms with van der Waals surface area (Å²) in [7, 11) is 1.50. The largest absolute Gasteiger partial charge is 0.495 e. The van der Waals surface area contributed by atoms with E-state index in [1.807, 2.05) is 30.3 Å². The maximum Gasteiger partial charge on any atom is 0.277 e. The molecule has 0 fully saturated rings. The van der Waals surface area contributed by atoms with E-state index in [1.165, 1.54) is 13.2 Å². The second-order valence-electron chi connectivity index (χ2n) is 4.20. The number of benzene rings is 2. The Morgan fingerprint density at radius 3 is 2.55 bits per heavy atom. The molecule has 2 aromatic rings. The van der Waals surface area contributed by atoms with Gasteiger partial charge in [0.05, 0.1) is 18.7 Å². The molecule has 20 heavy (non-hydrogen) atoms. The molecule has 0 spiro atoms. The van der Waals surface area contributed by atoms with Gasteiger partial charge in [-0.05, 0) is 23.8 Å². The van der Waals surface area contributed by atoms with Gasteiger partial charge in [0.1, 0.15) is 5.75 Å². The van der Waals surface area contributed by atoms with Gasteiger partial charge >= 0.3 is 0 Å². The molecule has 0 saturated carbocycles. The third-order valence-electron chi connectivity index (χ3n) is 2.81. The van der Waals surface area contributed by atoms with E-state index in [4.69, 9.17) is 16.3 Å². The molecule has 0 aromatic heterocycles. The van der Waals surface area contributed by atoms with Crippen LogP contribution in [0.15, 0.2) is 48.5 Å². The lowest BCUT2D eigenvalue weighted by Crippen LogP contribution is -2.26. The van der Waals surface area contributed by atoms with E-state index in [1.54, 1.807) is 12.1 Å². The van der Waals surface area contributed by atoms with Gasteiger partial charge in [0, 0.05) is 5.56 Å². The number of halogens is 1. The van der Waals surface area contributed by atoms with Crippen molar-refractivity contribution in [1.29, 1.82) is 0 Å². The van der Waals surface area contributed by atoms with E-state index in [0.717, 1.165) is 5.56 Å². The third-order valence-corrected chi connectivity index (χ3v) is 3.10. The Hall–Kier alpha value is -2.04. The van der Waals surface area contributed by atoms with Crippen LogP contribution in [0.2, 0.25) is 5.02 Å². The zero-order chi connectivity index (χ0) is 14.5. The van der Waals surface area contributed by atoms with E-state index >= 15 is 0 Å². The average molecular weight is 292 g/mol. The van der Waals surface area contributed by atoms with E-state index in [9.17, 15) is 10.0 Å². The SMILES string of the molecule is COc1ccc(C(=O)N(O)Cc2ccccc2)cc1Cl. The summed E-state index contributed by atoms with van der Waals surface area (Å²) in [6.45, 7) is 0.114. The van der Waals surface area contributed by atoms with Crippen molar-refractivity contribution in [3.05, 3.63) is 64.7 Å². The number of methoxy groups -OCH3 is 1. The Balaban J connectivity index is 2.12. The minimum atomic E-state index is -0.515. The van der Waals surface area contributed by atoms with Crippen molar-refractivity contribution in [2.24, 2.45) is 0 Å². The van der Waals surface area contributed by atoms with Crippen LogP contribution >= 0.6 is 11.6 Å². The average Bonchev–Trinajstić information content (AvgIpc) is 2.47. The Bertz CT molecular complexity index is 601. The number of nitrogens with zero attached hydrogens (tertiary/aromatic N) is 1. The molecule has 1 amide bonds. The van der Waals surface area contributed by atoms with Gasteiger partial charge in [0.25, 0.3) is 5.91 Å². The molecule has 0 saturated heterocycles. The number of carbonyl (C=O) groups excluding carboxylic acids is 1. The zero-order valence-electron chi connectivity index (χ0n) is 10.9. The first-order valence-electron chi connectivity index (χ1n) is 6.00. The smallest absolute Gasteiger partial charge is 0.277 e. The molecule has 2 rings (SSSR count). The summed E-state index contributed by atoms with van der Waals surface area (Å²) in [5, 5.41) is 10.8. The molecule has 0 aliphatic carbocycles. The molecular weight excluding hydrogens is 278 g/mol. The Kier molecular flexibility index (Phi) is 4.61. The minimum absolute atomic E-state index is 0.114. The van der Waals surface area contributed by atoms with Gasteiger partial charge in [0.2, 0.25) is 0 Å². The van der Waals surface area contributed by atoms with Crippen LogP contribution in [-0.4, -0.2) is 23.3 Å². The van der Waals surface area contributed by atoms with Crippen molar-refractivity contribution in [2.45, 2.75) is 6.54 Å². The predicted octanol–water partition coefficient (Wildman–Crippen LogP) is 3.38. The number of ether oxygens (including phenoxy) is 1. The number of carbonyl (C=O) groups is 1. The van der Waals surface area contributed by atoms with Gasteiger partial charge in [0.15, 0.2) is 0 Å². The summed E-state index contributed by atoms with van der Waals surface area (Å²) >= 11 is 5.96. The van der Waals surface area contributed by atoms with Crippen molar-refractivity contribution in [1.82, 2.24) is 5.06 Å². The second kappa shape index (κ2) is 6.41. The zero-order valence-corrected chi connectivity index (χ0v) is 11.7. The van der Waals surface area contributed by atoms with Gasteiger partial charge in [-0.25, -0.2) is 5.06 Å². The van der Waals surface area contributed by atoms with Crippen LogP contribution in [0, 0.1) is 0 Å². The summed E-state index contributed by atoms with van der Waals surface area (Å²) in [6.07, 6.45) is 0. The fraction of sp³-hybridized carbons (Fsp3) is 0.133. The molecule has 0 bridgehead atoms. The Morgan fingerprint density at radius 1 is 1.25 bits per heavy atom. The van der Waals surface area contributed by atoms with Gasteiger partial charge in [-0.1, -0.05) is 41.9 Å². The van der Waals surface area contributed by atoms with Crippen molar-refractivity contribution < 1.29 is 14.7 Å². The molecule has 0 radical (unpaired) electrons. The van der Waals surface area contributed by atoms with Gasteiger partial charge in [-0.2, -0.15) is 0 Å². The first-order valence-corrected chi connectivity index (χ1v) is 6.38. The lowest BCUT2D eigenvalue weighted by Gasteiger charge is -2.15. The molecule has 2 aromatic carbocycles. The van der Waals surface area contributed by atoms with Crippen LogP contribution in [0.4, 0.5) is 0 Å². The maximum absolute atomic E-state index is 12.1. The van der Waals surface area contributed by atoms with E-state index in [2.05, 4.69) is 0 Å². The summed E-state index contributed by atoms with van der Waals surface area (Å²) < 4.78 is 5.02. The van der Waals surface area contributed by atoms with Crippen LogP contribution in [0.1, 0.15) is 15.9 Å². The first-order chi connectivity index (χ1) is 9.61. The fourth-order valence-electron chi connectivity index (χ4n) is 1.78. The van der Waals surface area contributed by atoms with Crippen molar-refractivity contribution in [3.8, 4) is 5.75 Å². The summed E-state index contributed by atoms with van der Waals surface area (Å²) in [4.78, 5) is 12.1. The number of rotatable bonds is 4. The van der Waals surface area contributed by atoms with Gasteiger partial charge in [-0.15, -0.1) is 0 Å². The highest BCUT2D eigenvalue weighted by Gasteiger charge is 2.15. The van der Waals surface area contributed by atoms with Crippen LogP contribution < -0.4 is 4.74 Å². The molecule has 5 heteroatoms. The second-order valence-corrected chi connectivity index (χ2v) is 4.60. The standard InChI is InChI=1S/C15H14ClNO3/c1-20-14-8-7-12(9-13(14)16)15(18)17(19)10-11-5-3-2-4-6-11/h2-9,19H,10H2,1H3. The number of hydrogen-bond donors (Lipinski definition) is 1. The number of hydroxylamine groups is 2. The summed E-state index contributed by atoms with van der Waals surface area (Å²) in [5.41, 5.74) is 1.14. The molecule has 0 aliphatic rings. The Labute approximate surface area is 122 Å². The normalized spacial score (nSPS) is 10.2. The molecule has 4 nitrogen and oxygen atoms in total. The summed E-state index contributed by atoms with van der Waals surface area (Å²) in [5.74, 6) is -0.0332. The molecule has 0 atom stereocenters. The van der Waals surface area contributed by atoms with Crippen molar-refractivity contribution in [3.63, 3.8) is 0 Å². The van der Waals surface area contributed by atoms with Crippen LogP contribution in [-0.2, 0) is 6.54 Å². The van der Waals surface area contributed by atoms with Crippen molar-refractivity contribution in [2.75, 3.05) is 7.11 Å². The number of amides is 1. The highest BCUT2D eigenvalue weighted by atomic mass is 35.5. The van der Waals surface area contributed by atoms with Gasteiger partial charge < -0.3 is 4.74 Å². The quantitative estimate of drug-likeness (QED) is 0.694. The predicted molar refractivity (Wildman–Crippen MR) is 76.1 cm³/mol. The maximum atomic E-state index is 12.1. The van der Waals surface area contributed by atoms with E-state index < -0.39 is 5.91 Å². The van der Waals surface area contributed by atoms with Gasteiger partial charge in [-0.3, -0.25) is 10.0 Å². The first kappa shape index (κ1) is 14.4. The molecule has 0 aliphatic heterocycles. The highest BCUT2D eigenvalue weighted by Crippen LogP contribution is 2.25. The molecule has 1 N–H and O–H groups in total. The van der Waals surface area contributed by atoms with Crippen LogP contribution in [0.5, 0.6) is 5.75 Å². The Morgan fingerprint density at radius 2 is 1.95 bits per heavy atom. The fourth-order valence-corrected chi connectivity index (χ4v) is 2.03. The summed E-state index contributed by atoms with van der Waals surface area (Å²) in [6, 6.07) is 13.8. The molecular formula is C15H14ClNO3. The lowest BCUT2D eigenvalue weighted by atomic mass is 10.2. The lowest BCUT2D eigenvalue weighted by molar-refractivity contribution is -0.0648. The van der Waals surface area contributed by atoms with E-state index in [0.29, 0.717) is 21.4 Å². The van der Waals surface area contributed by atoms with Crippen molar-refractivity contribution >= 4 is 17.5 Å². The minimum Gasteiger partial charge on any atom is -0.495 e. The topological polar surface area (TPSA) is 49.8 Å². The number of hydrogen-bond acceptors (Lipinski definition) is 3. The third kappa shape index (κ3) is 3.29. The molecule has 0 heterocycles. The molecule has 0 unspecified atom stereocenters. The monoisotopic (exact) mass is 291 g/mol. The van der Waals surface area contributed by atoms with E-state index in [-0.39, 0.29) is 6.54 Å². The van der Waals surface area contributed by atoms with Crippen LogP contribution in [0.3, 0.4) is 0 Å².